The van der Waals surface area contributed by atoms with Crippen LogP contribution >= 0.6 is 10.0 Å². The van der Waals surface area contributed by atoms with Gasteiger partial charge in [0.15, 0.2) is 0 Å². The number of benzene rings is 2. The number of aryl methyl sites for hydroxylation is 2. The van der Waals surface area contributed by atoms with Crippen molar-refractivity contribution in [3.8, 4) is 22.3 Å². The van der Waals surface area contributed by atoms with Crippen LogP contribution in [0.1, 0.15) is 81.9 Å². The highest BCUT2D eigenvalue weighted by Gasteiger charge is 2.35. The summed E-state index contributed by atoms with van der Waals surface area (Å²) in [6.07, 6.45) is 10.5. The highest BCUT2D eigenvalue weighted by molar-refractivity contribution is 8.32. The standard InChI is InChI=1S/C42H57N5O5S/c1-27(2)46-25-33(18-21-37(46)48)32-15-14-30-12-11-13-35(36(30)24-32)39(44-41(50)52-42(5,6)7)40(49)43-34-19-16-31(17-20-34)38-28(3)45-47(29(38)4)26-51-22-23-53(8,9)10/h14-21,24-25,27,35,39H,11-13,22-23,26H2,1-10H3,(H,43,49)(H,44,50)/t35-,39+/m1/s1. The molecule has 0 unspecified atom stereocenters. The number of anilines is 1. The molecule has 2 aromatic carbocycles. The average molecular weight is 744 g/mol. The SMILES string of the molecule is Cc1nn(COCCS(C)(C)C)c(C)c1-c1ccc(NC(=O)[C@@H](NC(=O)OC(C)(C)C)[C@@H]2CCCc3ccc(-c4ccc(=O)n(C(C)C)c4)cc32)cc1. The van der Waals surface area contributed by atoms with Crippen molar-refractivity contribution in [3.05, 3.63) is 93.7 Å². The number of fused-ring (bicyclic) bond motifs is 1. The predicted octanol–water partition coefficient (Wildman–Crippen LogP) is 8.20. The molecule has 5 rings (SSSR count). The molecule has 2 aromatic heterocycles. The monoisotopic (exact) mass is 743 g/mol. The van der Waals surface area contributed by atoms with Gasteiger partial charge in [-0.1, -0.05) is 30.3 Å². The number of nitrogens with zero attached hydrogens (tertiary/aromatic N) is 3. The molecule has 0 radical (unpaired) electrons. The van der Waals surface area contributed by atoms with Crippen LogP contribution in [0.5, 0.6) is 0 Å². The van der Waals surface area contributed by atoms with Gasteiger partial charge in [-0.05, 0) is 133 Å². The van der Waals surface area contributed by atoms with E-state index in [0.717, 1.165) is 63.4 Å². The van der Waals surface area contributed by atoms with Crippen LogP contribution in [-0.2, 0) is 27.4 Å². The van der Waals surface area contributed by atoms with E-state index in [4.69, 9.17) is 14.6 Å². The maximum Gasteiger partial charge on any atom is 0.408 e. The first-order valence-corrected chi connectivity index (χ1v) is 21.5. The maximum atomic E-state index is 14.2. The number of pyridine rings is 1. The van der Waals surface area contributed by atoms with Gasteiger partial charge in [0, 0.05) is 46.9 Å². The molecule has 2 amide bonds. The number of nitrogens with one attached hydrogen (secondary N) is 2. The van der Waals surface area contributed by atoms with E-state index in [2.05, 4.69) is 47.6 Å². The van der Waals surface area contributed by atoms with Crippen molar-refractivity contribution in [3.63, 3.8) is 0 Å². The van der Waals surface area contributed by atoms with Crippen molar-refractivity contribution in [2.45, 2.75) is 98.1 Å². The van der Waals surface area contributed by atoms with E-state index in [0.29, 0.717) is 25.4 Å². The summed E-state index contributed by atoms with van der Waals surface area (Å²) < 4.78 is 15.2. The lowest BCUT2D eigenvalue weighted by Crippen LogP contribution is -2.49. The summed E-state index contributed by atoms with van der Waals surface area (Å²) in [7, 11) is -0.625. The van der Waals surface area contributed by atoms with Crippen molar-refractivity contribution >= 4 is 27.7 Å². The van der Waals surface area contributed by atoms with Crippen molar-refractivity contribution < 1.29 is 19.1 Å². The number of carbonyl (C=O) groups excluding carboxylic acids is 2. The van der Waals surface area contributed by atoms with Gasteiger partial charge in [-0.25, -0.2) is 19.5 Å². The molecule has 0 spiro atoms. The Morgan fingerprint density at radius 1 is 0.981 bits per heavy atom. The number of carbonyl (C=O) groups is 2. The van der Waals surface area contributed by atoms with E-state index in [1.807, 2.05) is 68.9 Å². The third-order valence-electron chi connectivity index (χ3n) is 9.57. The maximum absolute atomic E-state index is 14.2. The van der Waals surface area contributed by atoms with Crippen molar-refractivity contribution in [1.29, 1.82) is 0 Å². The Morgan fingerprint density at radius 3 is 2.32 bits per heavy atom. The molecule has 0 aliphatic heterocycles. The lowest BCUT2D eigenvalue weighted by Gasteiger charge is -2.33. The minimum atomic E-state index is -0.897. The number of hydrogen-bond donors (Lipinski definition) is 2. The molecule has 0 saturated carbocycles. The van der Waals surface area contributed by atoms with Crippen molar-refractivity contribution in [2.75, 3.05) is 36.4 Å². The first-order valence-electron chi connectivity index (χ1n) is 18.4. The minimum Gasteiger partial charge on any atom is -0.444 e. The Kier molecular flexibility index (Phi) is 12.3. The first kappa shape index (κ1) is 39.8. The lowest BCUT2D eigenvalue weighted by atomic mass is 9.77. The van der Waals surface area contributed by atoms with E-state index in [1.54, 1.807) is 31.4 Å². The third kappa shape index (κ3) is 10.2. The number of amides is 2. The fourth-order valence-electron chi connectivity index (χ4n) is 6.86. The molecular weight excluding hydrogens is 687 g/mol. The van der Waals surface area contributed by atoms with Crippen LogP contribution in [0.25, 0.3) is 22.3 Å². The number of hydrogen-bond acceptors (Lipinski definition) is 6. The largest absolute Gasteiger partial charge is 0.444 e. The van der Waals surface area contributed by atoms with Gasteiger partial charge in [0.2, 0.25) is 5.91 Å². The number of rotatable bonds is 12. The molecule has 2 heterocycles. The van der Waals surface area contributed by atoms with Gasteiger partial charge in [0.25, 0.3) is 5.56 Å². The van der Waals surface area contributed by atoms with Gasteiger partial charge >= 0.3 is 6.09 Å². The highest BCUT2D eigenvalue weighted by Crippen LogP contribution is 2.38. The first-order chi connectivity index (χ1) is 24.9. The third-order valence-corrected chi connectivity index (χ3v) is 11.0. The van der Waals surface area contributed by atoms with E-state index in [1.165, 1.54) is 0 Å². The van der Waals surface area contributed by atoms with Crippen LogP contribution < -0.4 is 16.2 Å². The molecule has 1 aliphatic rings. The van der Waals surface area contributed by atoms with Crippen LogP contribution in [0.3, 0.4) is 0 Å². The Balaban J connectivity index is 1.40. The van der Waals surface area contributed by atoms with Crippen molar-refractivity contribution in [1.82, 2.24) is 19.7 Å². The second-order valence-corrected chi connectivity index (χ2v) is 20.8. The molecule has 2 atom stereocenters. The topological polar surface area (TPSA) is 116 Å². The van der Waals surface area contributed by atoms with Crippen LogP contribution in [0.4, 0.5) is 10.5 Å². The fraction of sp³-hybridized carbons (Fsp3) is 0.476. The Labute approximate surface area is 316 Å². The second kappa shape index (κ2) is 16.3. The summed E-state index contributed by atoms with van der Waals surface area (Å²) in [5.74, 6) is 0.421. The summed E-state index contributed by atoms with van der Waals surface area (Å²) in [6, 6.07) is 16.6. The van der Waals surface area contributed by atoms with Gasteiger partial charge in [0.05, 0.1) is 12.3 Å². The van der Waals surface area contributed by atoms with Gasteiger partial charge in [-0.3, -0.25) is 9.59 Å². The molecule has 53 heavy (non-hydrogen) atoms. The number of aromatic nitrogens is 3. The van der Waals surface area contributed by atoms with Crippen LogP contribution in [0.2, 0.25) is 0 Å². The quantitative estimate of drug-likeness (QED) is 0.141. The summed E-state index contributed by atoms with van der Waals surface area (Å²) in [6.45, 7) is 14.5. The second-order valence-electron chi connectivity index (χ2n) is 16.2. The summed E-state index contributed by atoms with van der Waals surface area (Å²) in [4.78, 5) is 40.0. The molecule has 4 aromatic rings. The normalized spacial score (nSPS) is 15.5. The summed E-state index contributed by atoms with van der Waals surface area (Å²) in [5.41, 5.74) is 7.79. The van der Waals surface area contributed by atoms with Gasteiger partial charge in [0.1, 0.15) is 18.4 Å². The van der Waals surface area contributed by atoms with Crippen LogP contribution in [0.15, 0.2) is 65.6 Å². The summed E-state index contributed by atoms with van der Waals surface area (Å²) in [5, 5.41) is 10.8. The minimum absolute atomic E-state index is 0.0161. The predicted molar refractivity (Wildman–Crippen MR) is 217 cm³/mol. The molecule has 1 aliphatic carbocycles. The molecule has 0 saturated heterocycles. The van der Waals surface area contributed by atoms with Gasteiger partial charge in [-0.2, -0.15) is 5.10 Å². The van der Waals surface area contributed by atoms with E-state index in [9.17, 15) is 14.4 Å². The zero-order valence-electron chi connectivity index (χ0n) is 33.0. The zero-order chi connectivity index (χ0) is 38.7. The van der Waals surface area contributed by atoms with Crippen LogP contribution in [0, 0.1) is 13.8 Å². The van der Waals surface area contributed by atoms with E-state index in [-0.39, 0.29) is 23.4 Å². The lowest BCUT2D eigenvalue weighted by molar-refractivity contribution is -0.118. The van der Waals surface area contributed by atoms with Gasteiger partial charge in [-0.15, -0.1) is 0 Å². The zero-order valence-corrected chi connectivity index (χ0v) is 33.9. The van der Waals surface area contributed by atoms with Crippen LogP contribution in [-0.4, -0.2) is 69.1 Å². The number of alkyl carbamates (subject to hydrolysis) is 1. The summed E-state index contributed by atoms with van der Waals surface area (Å²) >= 11 is 0. The molecule has 2 N–H and O–H groups in total. The fourth-order valence-corrected chi connectivity index (χ4v) is 7.48. The average Bonchev–Trinajstić information content (AvgIpc) is 3.36. The molecular formula is C42H57N5O5S. The van der Waals surface area contributed by atoms with E-state index >= 15 is 0 Å². The van der Waals surface area contributed by atoms with Gasteiger partial charge < -0.3 is 24.7 Å². The Morgan fingerprint density at radius 2 is 1.66 bits per heavy atom. The molecule has 11 heteroatoms. The molecule has 286 valence electrons. The smallest absolute Gasteiger partial charge is 0.408 e. The molecule has 10 nitrogen and oxygen atoms in total. The number of ether oxygens (including phenoxy) is 2. The Hall–Kier alpha value is -4.35. The molecule has 0 fully saturated rings. The highest BCUT2D eigenvalue weighted by atomic mass is 32.3. The van der Waals surface area contributed by atoms with E-state index < -0.39 is 27.8 Å². The Bertz CT molecular complexity index is 1980. The van der Waals surface area contributed by atoms with Crippen molar-refractivity contribution in [2.24, 2.45) is 0 Å². The molecule has 0 bridgehead atoms.